The van der Waals surface area contributed by atoms with Crippen LogP contribution in [0.2, 0.25) is 0 Å². The van der Waals surface area contributed by atoms with E-state index in [2.05, 4.69) is 4.74 Å². The first kappa shape index (κ1) is 27.8. The van der Waals surface area contributed by atoms with Crippen molar-refractivity contribution in [2.75, 3.05) is 6.61 Å². The van der Waals surface area contributed by atoms with Crippen LogP contribution in [0.3, 0.4) is 0 Å². The van der Waals surface area contributed by atoms with Gasteiger partial charge in [-0.05, 0) is 0 Å². The molecular weight excluding hydrogens is 1050 g/mol. The molecule has 1 saturated heterocycles. The Kier molecular flexibility index (Phi) is 29.8. The van der Waals surface area contributed by atoms with Crippen molar-refractivity contribution in [1.82, 2.24) is 0 Å². The molecule has 0 aromatic rings. The van der Waals surface area contributed by atoms with Gasteiger partial charge in [0.05, 0.1) is 6.61 Å². The maximum absolute atomic E-state index is 8.88. The predicted molar refractivity (Wildman–Crippen MR) is 30.0 cm³/mol. The molecule has 1 aliphatic rings. The molecule has 0 amide bonds. The third-order valence-corrected chi connectivity index (χ3v) is 1.47. The third kappa shape index (κ3) is 9.47. The zero-order valence-corrected chi connectivity index (χ0v) is 26.5. The molecule has 72 valence electrons. The smallest absolute Gasteiger partial charge is 0.183 e. The van der Waals surface area contributed by atoms with E-state index in [4.69, 9.17) is 20.4 Å². The van der Waals surface area contributed by atoms with Crippen molar-refractivity contribution in [3.8, 4) is 0 Å². The van der Waals surface area contributed by atoms with Gasteiger partial charge in [0.15, 0.2) is 6.29 Å². The largest absolute Gasteiger partial charge is 0.388 e. The topological polar surface area (TPSA) is 90.2 Å². The molecule has 1 heterocycles. The summed E-state index contributed by atoms with van der Waals surface area (Å²) in [6.45, 7) is -0.153. The Balaban J connectivity index is -0.000000125. The minimum Gasteiger partial charge on any atom is -0.388 e. The monoisotopic (exact) mass is 1060 g/mol. The van der Waals surface area contributed by atoms with E-state index in [1.54, 1.807) is 0 Å². The molecule has 1 fully saturated rings. The van der Waals surface area contributed by atoms with E-state index in [0.717, 1.165) is 0 Å². The zero-order chi connectivity index (χ0) is 7.72. The van der Waals surface area contributed by atoms with Crippen LogP contribution >= 0.6 is 0 Å². The van der Waals surface area contributed by atoms with Crippen LogP contribution in [0.25, 0.3) is 0 Å². The van der Waals surface area contributed by atoms with Gasteiger partial charge in [-0.3, -0.25) is 0 Å². The number of hydrogen-bond acceptors (Lipinski definition) is 5. The van der Waals surface area contributed by atoms with Gasteiger partial charge in [0.1, 0.15) is 18.3 Å². The summed E-state index contributed by atoms with van der Waals surface area (Å²) < 4.78 is 4.47. The second kappa shape index (κ2) is 15.0. The average molecular weight is 1060 g/mol. The van der Waals surface area contributed by atoms with Crippen molar-refractivity contribution >= 4 is 0 Å². The molecular formula is C5H10Ac4O5. The van der Waals surface area contributed by atoms with E-state index in [0.29, 0.717) is 0 Å². The second-order valence-electron chi connectivity index (χ2n) is 2.27. The summed E-state index contributed by atoms with van der Waals surface area (Å²) in [5.74, 6) is 0. The summed E-state index contributed by atoms with van der Waals surface area (Å²) in [6.07, 6.45) is -5.23. The summed E-state index contributed by atoms with van der Waals surface area (Å²) in [7, 11) is 0. The molecule has 0 aromatic carbocycles. The number of rotatable bonds is 0. The zero-order valence-electron chi connectivity index (χ0n) is 7.52. The predicted octanol–water partition coefficient (Wildman–Crippen LogP) is -2.58. The van der Waals surface area contributed by atoms with Crippen LogP contribution in [0.1, 0.15) is 0 Å². The summed E-state index contributed by atoms with van der Waals surface area (Å²) in [5, 5.41) is 35.3. The first-order chi connectivity index (χ1) is 4.63. The molecule has 0 spiro atoms. The molecule has 1 aliphatic heterocycles. The van der Waals surface area contributed by atoms with Crippen LogP contribution in [0.5, 0.6) is 0 Å². The molecule has 0 saturated carbocycles. The quantitative estimate of drug-likeness (QED) is 0.215. The van der Waals surface area contributed by atoms with Crippen molar-refractivity contribution < 1.29 is 201 Å². The summed E-state index contributed by atoms with van der Waals surface area (Å²) in [4.78, 5) is 0. The Morgan fingerprint density at radius 3 is 1.57 bits per heavy atom. The van der Waals surface area contributed by atoms with Crippen LogP contribution in [-0.4, -0.2) is 51.6 Å². The molecule has 0 aliphatic carbocycles. The molecule has 14 heavy (non-hydrogen) atoms. The Bertz CT molecular complexity index is 115. The second-order valence-corrected chi connectivity index (χ2v) is 2.27. The maximum atomic E-state index is 8.88. The molecule has 9 heteroatoms. The molecule has 0 bridgehead atoms. The molecule has 1 rings (SSSR count). The van der Waals surface area contributed by atoms with Gasteiger partial charge in [0.25, 0.3) is 0 Å². The van der Waals surface area contributed by atoms with Gasteiger partial charge in [0, 0.05) is 176 Å². The average Bonchev–Trinajstić information content (AvgIpc) is 1.93. The van der Waals surface area contributed by atoms with E-state index < -0.39 is 24.6 Å². The standard InChI is InChI=1S/C5H10O5.4Ac/c6-2-1-10-5(9)4(8)3(2)7;;;;/h2-9H,1H2;;;;/t2-,3-,4+,5?;;;;/m0..../s1. The fourth-order valence-electron chi connectivity index (χ4n) is 0.791. The number of aliphatic hydroxyl groups is 4. The normalized spacial score (nSPS) is 35.1. The fourth-order valence-corrected chi connectivity index (χ4v) is 0.791. The van der Waals surface area contributed by atoms with Gasteiger partial charge in [-0.1, -0.05) is 0 Å². The van der Waals surface area contributed by atoms with Crippen molar-refractivity contribution in [2.24, 2.45) is 0 Å². The van der Waals surface area contributed by atoms with Gasteiger partial charge < -0.3 is 25.2 Å². The Hall–Kier alpha value is 5.57. The molecule has 1 unspecified atom stereocenters. The Morgan fingerprint density at radius 2 is 1.21 bits per heavy atom. The van der Waals surface area contributed by atoms with Gasteiger partial charge in [-0.25, -0.2) is 0 Å². The Labute approximate surface area is 226 Å². The van der Waals surface area contributed by atoms with Crippen molar-refractivity contribution in [3.63, 3.8) is 0 Å². The van der Waals surface area contributed by atoms with Crippen molar-refractivity contribution in [3.05, 3.63) is 0 Å². The van der Waals surface area contributed by atoms with Crippen molar-refractivity contribution in [2.45, 2.75) is 24.6 Å². The summed E-state index contributed by atoms with van der Waals surface area (Å²) in [5.41, 5.74) is 0. The van der Waals surface area contributed by atoms with Crippen LogP contribution in [0.4, 0.5) is 0 Å². The van der Waals surface area contributed by atoms with Gasteiger partial charge >= 0.3 is 0 Å². The number of hydrogen-bond donors (Lipinski definition) is 4. The first-order valence-corrected chi connectivity index (χ1v) is 2.97. The minimum absolute atomic E-state index is 0. The van der Waals surface area contributed by atoms with E-state index in [-0.39, 0.29) is 183 Å². The summed E-state index contributed by atoms with van der Waals surface area (Å²) in [6, 6.07) is 0. The van der Waals surface area contributed by atoms with Gasteiger partial charge in [-0.2, -0.15) is 0 Å². The van der Waals surface area contributed by atoms with E-state index >= 15 is 0 Å². The van der Waals surface area contributed by atoms with E-state index in [1.165, 1.54) is 0 Å². The van der Waals surface area contributed by atoms with Crippen molar-refractivity contribution in [1.29, 1.82) is 0 Å². The van der Waals surface area contributed by atoms with Crippen LogP contribution in [0.15, 0.2) is 0 Å². The van der Waals surface area contributed by atoms with Crippen LogP contribution in [-0.2, 0) is 4.74 Å². The van der Waals surface area contributed by atoms with E-state index in [9.17, 15) is 0 Å². The van der Waals surface area contributed by atoms with Gasteiger partial charge in [0.2, 0.25) is 0 Å². The van der Waals surface area contributed by atoms with Gasteiger partial charge in [-0.15, -0.1) is 0 Å². The molecule has 4 radical (unpaired) electrons. The molecule has 0 aromatic heterocycles. The number of aliphatic hydroxyl groups excluding tert-OH is 4. The summed E-state index contributed by atoms with van der Waals surface area (Å²) >= 11 is 0. The maximum Gasteiger partial charge on any atom is 0.183 e. The van der Waals surface area contributed by atoms with Crippen LogP contribution < -0.4 is 0 Å². The Morgan fingerprint density at radius 1 is 0.786 bits per heavy atom. The SMILES string of the molecule is OC1OC[C@H](O)[C@H](O)[C@H]1O.[Ac].[Ac].[Ac].[Ac]. The molecule has 5 nitrogen and oxygen atoms in total. The molecule has 4 atom stereocenters. The number of ether oxygens (including phenoxy) is 1. The van der Waals surface area contributed by atoms with Crippen LogP contribution in [0, 0.1) is 176 Å². The molecule has 4 N–H and O–H groups in total. The first-order valence-electron chi connectivity index (χ1n) is 2.97. The fraction of sp³-hybridized carbons (Fsp3) is 1.00. The minimum atomic E-state index is -1.41. The third-order valence-electron chi connectivity index (χ3n) is 1.47. The van der Waals surface area contributed by atoms with E-state index in [1.807, 2.05) is 0 Å².